The zero-order valence-corrected chi connectivity index (χ0v) is 13.7. The summed E-state index contributed by atoms with van der Waals surface area (Å²) in [6, 6.07) is 3.73. The average Bonchev–Trinajstić information content (AvgIpc) is 2.35. The van der Waals surface area contributed by atoms with Crippen LogP contribution >= 0.6 is 0 Å². The summed E-state index contributed by atoms with van der Waals surface area (Å²) in [6.07, 6.45) is -0.214. The summed E-state index contributed by atoms with van der Waals surface area (Å²) < 4.78 is 29.9. The van der Waals surface area contributed by atoms with Crippen LogP contribution < -0.4 is 10.3 Å². The van der Waals surface area contributed by atoms with Crippen molar-refractivity contribution in [2.75, 3.05) is 16.8 Å². The van der Waals surface area contributed by atoms with Crippen LogP contribution in [0.4, 0.5) is 5.69 Å². The highest BCUT2D eigenvalue weighted by atomic mass is 32.2. The predicted octanol–water partition coefficient (Wildman–Crippen LogP) is 1.57. The molecule has 0 bridgehead atoms. The quantitative estimate of drug-likeness (QED) is 0.489. The molecule has 0 saturated carbocycles. The molecule has 1 rings (SSSR count). The smallest absolute Gasteiger partial charge is 0.306 e. The monoisotopic (exact) mass is 314 g/mol. The minimum atomic E-state index is -3.77. The van der Waals surface area contributed by atoms with Crippen LogP contribution in [0.5, 0.6) is 0 Å². The zero-order valence-electron chi connectivity index (χ0n) is 12.8. The van der Waals surface area contributed by atoms with Crippen LogP contribution in [-0.2, 0) is 19.6 Å². The topological polar surface area (TPSA) is 89.7 Å². The van der Waals surface area contributed by atoms with E-state index >= 15 is 0 Å². The van der Waals surface area contributed by atoms with Crippen molar-refractivity contribution in [1.29, 1.82) is 0 Å². The number of carbonyl (C=O) groups is 1. The lowest BCUT2D eigenvalue weighted by Gasteiger charge is -2.23. The molecule has 0 aromatic heterocycles. The first kappa shape index (κ1) is 17.5. The second kappa shape index (κ2) is 6.91. The number of esters is 1. The molecule has 0 aliphatic heterocycles. The number of hydrogen-bond donors (Lipinski definition) is 1. The number of benzene rings is 1. The van der Waals surface area contributed by atoms with Gasteiger partial charge in [-0.15, -0.1) is 0 Å². The van der Waals surface area contributed by atoms with E-state index in [0.717, 1.165) is 21.1 Å². The lowest BCUT2D eigenvalue weighted by molar-refractivity contribution is -0.142. The van der Waals surface area contributed by atoms with Gasteiger partial charge in [-0.1, -0.05) is 17.7 Å². The van der Waals surface area contributed by atoms with Crippen molar-refractivity contribution in [1.82, 2.24) is 0 Å². The molecule has 0 aliphatic rings. The number of hydrazine groups is 1. The highest BCUT2D eigenvalue weighted by Gasteiger charge is 2.23. The number of aryl methyl sites for hydroxylation is 3. The second-order valence-electron chi connectivity index (χ2n) is 4.91. The first-order chi connectivity index (χ1) is 9.69. The molecule has 0 atom stereocenters. The van der Waals surface area contributed by atoms with Gasteiger partial charge in [-0.2, -0.15) is 0 Å². The van der Waals surface area contributed by atoms with E-state index in [1.807, 2.05) is 19.1 Å². The van der Waals surface area contributed by atoms with Gasteiger partial charge < -0.3 is 4.74 Å². The molecule has 0 aliphatic carbocycles. The van der Waals surface area contributed by atoms with E-state index in [9.17, 15) is 13.2 Å². The fourth-order valence-corrected chi connectivity index (χ4v) is 3.39. The van der Waals surface area contributed by atoms with Gasteiger partial charge in [-0.25, -0.2) is 18.7 Å². The van der Waals surface area contributed by atoms with Crippen LogP contribution in [0.1, 0.15) is 30.0 Å². The van der Waals surface area contributed by atoms with E-state index in [0.29, 0.717) is 5.69 Å². The van der Waals surface area contributed by atoms with Gasteiger partial charge in [0, 0.05) is 0 Å². The molecule has 1 aromatic carbocycles. The third-order valence-electron chi connectivity index (χ3n) is 3.02. The minimum absolute atomic E-state index is 0.214. The number of anilines is 1. The Morgan fingerprint density at radius 1 is 1.24 bits per heavy atom. The van der Waals surface area contributed by atoms with Crippen molar-refractivity contribution in [3.8, 4) is 0 Å². The van der Waals surface area contributed by atoms with Crippen molar-refractivity contribution in [3.63, 3.8) is 0 Å². The van der Waals surface area contributed by atoms with E-state index in [-0.39, 0.29) is 18.8 Å². The van der Waals surface area contributed by atoms with Gasteiger partial charge >= 0.3 is 5.97 Å². The molecule has 0 unspecified atom stereocenters. The molecule has 0 saturated heterocycles. The Morgan fingerprint density at radius 2 is 1.76 bits per heavy atom. The Bertz CT molecular complexity index is 603. The standard InChI is InChI=1S/C14H22N2O4S/c1-5-20-13(17)6-7-21(18,19)16(15)14-11(3)8-10(2)9-12(14)4/h8-9H,5-7,15H2,1-4H3. The molecule has 0 heterocycles. The normalized spacial score (nSPS) is 11.3. The van der Waals surface area contributed by atoms with Crippen LogP contribution in [0.3, 0.4) is 0 Å². The number of ether oxygens (including phenoxy) is 1. The summed E-state index contributed by atoms with van der Waals surface area (Å²) in [6.45, 7) is 7.42. The van der Waals surface area contributed by atoms with Gasteiger partial charge in [-0.05, 0) is 38.8 Å². The van der Waals surface area contributed by atoms with Crippen molar-refractivity contribution >= 4 is 21.7 Å². The molecule has 6 nitrogen and oxygen atoms in total. The SMILES string of the molecule is CCOC(=O)CCS(=O)(=O)N(N)c1c(C)cc(C)cc1C. The fraction of sp³-hybridized carbons (Fsp3) is 0.500. The van der Waals surface area contributed by atoms with Crippen molar-refractivity contribution in [2.45, 2.75) is 34.1 Å². The Hall–Kier alpha value is -1.60. The molecular weight excluding hydrogens is 292 g/mol. The number of nitrogens with two attached hydrogens (primary N) is 1. The fourth-order valence-electron chi connectivity index (χ4n) is 2.20. The summed E-state index contributed by atoms with van der Waals surface area (Å²) in [5.41, 5.74) is 3.03. The van der Waals surface area contributed by atoms with Crippen LogP contribution in [0.15, 0.2) is 12.1 Å². The largest absolute Gasteiger partial charge is 0.466 e. The van der Waals surface area contributed by atoms with Crippen LogP contribution in [0.25, 0.3) is 0 Å². The summed E-state index contributed by atoms with van der Waals surface area (Å²) in [7, 11) is -3.77. The maximum absolute atomic E-state index is 12.2. The second-order valence-corrected chi connectivity index (χ2v) is 6.88. The van der Waals surface area contributed by atoms with Crippen LogP contribution in [0.2, 0.25) is 0 Å². The average molecular weight is 314 g/mol. The number of sulfonamides is 1. The first-order valence-electron chi connectivity index (χ1n) is 6.70. The number of nitrogens with zero attached hydrogens (tertiary/aromatic N) is 1. The van der Waals surface area contributed by atoms with Gasteiger partial charge in [0.1, 0.15) is 0 Å². The van der Waals surface area contributed by atoms with Crippen molar-refractivity contribution in [3.05, 3.63) is 28.8 Å². The molecule has 0 fully saturated rings. The van der Waals surface area contributed by atoms with E-state index in [1.165, 1.54) is 0 Å². The van der Waals surface area contributed by atoms with Crippen molar-refractivity contribution < 1.29 is 17.9 Å². The third-order valence-corrected chi connectivity index (χ3v) is 4.53. The number of rotatable bonds is 6. The maximum Gasteiger partial charge on any atom is 0.306 e. The van der Waals surface area contributed by atoms with E-state index in [2.05, 4.69) is 0 Å². The number of carbonyl (C=O) groups excluding carboxylic acids is 1. The summed E-state index contributed by atoms with van der Waals surface area (Å²) in [5.74, 6) is 4.85. The zero-order chi connectivity index (χ0) is 16.2. The van der Waals surface area contributed by atoms with E-state index in [4.69, 9.17) is 10.6 Å². The Kier molecular flexibility index (Phi) is 5.74. The molecule has 21 heavy (non-hydrogen) atoms. The lowest BCUT2D eigenvalue weighted by atomic mass is 10.1. The van der Waals surface area contributed by atoms with Crippen molar-refractivity contribution in [2.24, 2.45) is 5.84 Å². The third kappa shape index (κ3) is 4.44. The molecule has 1 aromatic rings. The highest BCUT2D eigenvalue weighted by molar-refractivity contribution is 7.92. The number of hydrogen-bond acceptors (Lipinski definition) is 5. The van der Waals surface area contributed by atoms with Gasteiger partial charge in [0.15, 0.2) is 0 Å². The van der Waals surface area contributed by atoms with Gasteiger partial charge in [0.2, 0.25) is 10.0 Å². The van der Waals surface area contributed by atoms with E-state index < -0.39 is 16.0 Å². The summed E-state index contributed by atoms with van der Waals surface area (Å²) in [4.78, 5) is 11.3. The Balaban J connectivity index is 2.97. The summed E-state index contributed by atoms with van der Waals surface area (Å²) >= 11 is 0. The molecule has 0 spiro atoms. The van der Waals surface area contributed by atoms with Crippen LogP contribution in [0, 0.1) is 20.8 Å². The molecule has 0 radical (unpaired) electrons. The molecule has 7 heteroatoms. The highest BCUT2D eigenvalue weighted by Crippen LogP contribution is 2.26. The van der Waals surface area contributed by atoms with Crippen LogP contribution in [-0.4, -0.2) is 26.7 Å². The van der Waals surface area contributed by atoms with Gasteiger partial charge in [-0.3, -0.25) is 4.79 Å². The van der Waals surface area contributed by atoms with Gasteiger partial charge in [0.25, 0.3) is 0 Å². The molecular formula is C14H22N2O4S. The molecule has 118 valence electrons. The summed E-state index contributed by atoms with van der Waals surface area (Å²) in [5, 5.41) is 0. The first-order valence-corrected chi connectivity index (χ1v) is 8.31. The van der Waals surface area contributed by atoms with E-state index in [1.54, 1.807) is 20.8 Å². The van der Waals surface area contributed by atoms with Gasteiger partial charge in [0.05, 0.1) is 24.5 Å². The lowest BCUT2D eigenvalue weighted by Crippen LogP contribution is -2.40. The minimum Gasteiger partial charge on any atom is -0.466 e. The predicted molar refractivity (Wildman–Crippen MR) is 82.4 cm³/mol. The molecule has 0 amide bonds. The molecule has 2 N–H and O–H groups in total. The Labute approximate surface area is 125 Å². The maximum atomic E-state index is 12.2. The Morgan fingerprint density at radius 3 is 2.24 bits per heavy atom.